The zero-order valence-electron chi connectivity index (χ0n) is 9.26. The SMILES string of the molecule is COC(=O)COC1C=CC=C(C(=O)OC)C1. The van der Waals surface area contributed by atoms with E-state index in [0.29, 0.717) is 12.0 Å². The minimum atomic E-state index is -0.442. The molecule has 0 fully saturated rings. The normalized spacial score (nSPS) is 18.9. The summed E-state index contributed by atoms with van der Waals surface area (Å²) in [6, 6.07) is 0. The summed E-state index contributed by atoms with van der Waals surface area (Å²) in [6.45, 7) is -0.125. The van der Waals surface area contributed by atoms with E-state index in [1.165, 1.54) is 14.2 Å². The summed E-state index contributed by atoms with van der Waals surface area (Å²) in [5.74, 6) is -0.821. The van der Waals surface area contributed by atoms with Gasteiger partial charge in [0.1, 0.15) is 6.61 Å². The maximum Gasteiger partial charge on any atom is 0.333 e. The number of hydrogen-bond acceptors (Lipinski definition) is 5. The quantitative estimate of drug-likeness (QED) is 0.657. The van der Waals surface area contributed by atoms with Crippen LogP contribution in [0.15, 0.2) is 23.8 Å². The maximum atomic E-state index is 11.2. The number of rotatable bonds is 4. The molecule has 88 valence electrons. The predicted molar refractivity (Wildman–Crippen MR) is 55.6 cm³/mol. The molecular weight excluding hydrogens is 212 g/mol. The minimum Gasteiger partial charge on any atom is -0.467 e. The summed E-state index contributed by atoms with van der Waals surface area (Å²) < 4.78 is 14.3. The summed E-state index contributed by atoms with van der Waals surface area (Å²) in [6.07, 6.45) is 5.26. The summed E-state index contributed by atoms with van der Waals surface area (Å²) in [4.78, 5) is 22.1. The highest BCUT2D eigenvalue weighted by Gasteiger charge is 2.18. The van der Waals surface area contributed by atoms with Crippen LogP contribution >= 0.6 is 0 Å². The Bertz CT molecular complexity index is 329. The van der Waals surface area contributed by atoms with Gasteiger partial charge in [0.2, 0.25) is 0 Å². The number of esters is 2. The molecule has 0 saturated heterocycles. The second-order valence-corrected chi connectivity index (χ2v) is 3.20. The average molecular weight is 226 g/mol. The van der Waals surface area contributed by atoms with E-state index in [9.17, 15) is 9.59 Å². The maximum absolute atomic E-state index is 11.2. The lowest BCUT2D eigenvalue weighted by Gasteiger charge is -2.17. The van der Waals surface area contributed by atoms with E-state index < -0.39 is 5.97 Å². The highest BCUT2D eigenvalue weighted by Crippen LogP contribution is 2.16. The van der Waals surface area contributed by atoms with E-state index in [4.69, 9.17) is 4.74 Å². The topological polar surface area (TPSA) is 61.8 Å². The Labute approximate surface area is 93.7 Å². The van der Waals surface area contributed by atoms with Gasteiger partial charge in [-0.05, 0) is 0 Å². The van der Waals surface area contributed by atoms with Crippen molar-refractivity contribution in [1.29, 1.82) is 0 Å². The molecule has 0 spiro atoms. The lowest BCUT2D eigenvalue weighted by molar-refractivity contribution is -0.147. The van der Waals surface area contributed by atoms with Crippen LogP contribution in [0.2, 0.25) is 0 Å². The number of hydrogen-bond donors (Lipinski definition) is 0. The zero-order valence-corrected chi connectivity index (χ0v) is 9.26. The van der Waals surface area contributed by atoms with E-state index >= 15 is 0 Å². The average Bonchev–Trinajstić information content (AvgIpc) is 2.35. The molecule has 0 heterocycles. The molecule has 0 N–H and O–H groups in total. The van der Waals surface area contributed by atoms with Gasteiger partial charge < -0.3 is 14.2 Å². The Balaban J connectivity index is 2.44. The second-order valence-electron chi connectivity index (χ2n) is 3.20. The fourth-order valence-electron chi connectivity index (χ4n) is 1.28. The lowest BCUT2D eigenvalue weighted by atomic mass is 10.0. The molecule has 1 rings (SSSR count). The van der Waals surface area contributed by atoms with Crippen LogP contribution in [0.25, 0.3) is 0 Å². The van der Waals surface area contributed by atoms with Gasteiger partial charge in [0, 0.05) is 12.0 Å². The molecular formula is C11H14O5. The molecule has 0 saturated carbocycles. The first-order valence-electron chi connectivity index (χ1n) is 4.81. The Morgan fingerprint density at radius 2 is 2.12 bits per heavy atom. The van der Waals surface area contributed by atoms with E-state index in [0.717, 1.165) is 0 Å². The Morgan fingerprint density at radius 3 is 2.75 bits per heavy atom. The third-order valence-electron chi connectivity index (χ3n) is 2.13. The van der Waals surface area contributed by atoms with Crippen LogP contribution in [0.5, 0.6) is 0 Å². The first-order valence-corrected chi connectivity index (χ1v) is 4.81. The molecule has 0 aromatic heterocycles. The first-order chi connectivity index (χ1) is 7.67. The van der Waals surface area contributed by atoms with Crippen molar-refractivity contribution in [3.05, 3.63) is 23.8 Å². The number of allylic oxidation sites excluding steroid dienone is 2. The monoisotopic (exact) mass is 226 g/mol. The summed E-state index contributed by atoms with van der Waals surface area (Å²) >= 11 is 0. The van der Waals surface area contributed by atoms with Crippen molar-refractivity contribution >= 4 is 11.9 Å². The van der Waals surface area contributed by atoms with Gasteiger partial charge in [-0.2, -0.15) is 0 Å². The molecule has 16 heavy (non-hydrogen) atoms. The minimum absolute atomic E-state index is 0.125. The third kappa shape index (κ3) is 3.51. The molecule has 0 radical (unpaired) electrons. The van der Waals surface area contributed by atoms with Gasteiger partial charge in [0.15, 0.2) is 0 Å². The van der Waals surface area contributed by atoms with Gasteiger partial charge >= 0.3 is 11.9 Å². The Morgan fingerprint density at radius 1 is 1.38 bits per heavy atom. The van der Waals surface area contributed by atoms with Crippen molar-refractivity contribution in [2.45, 2.75) is 12.5 Å². The van der Waals surface area contributed by atoms with E-state index in [1.807, 2.05) is 0 Å². The molecule has 0 aromatic rings. The molecule has 0 bridgehead atoms. The predicted octanol–water partition coefficient (Wildman–Crippen LogP) is 0.604. The van der Waals surface area contributed by atoms with Crippen LogP contribution < -0.4 is 0 Å². The molecule has 0 aliphatic heterocycles. The Kier molecular flexibility index (Phi) is 4.72. The lowest BCUT2D eigenvalue weighted by Crippen LogP contribution is -2.21. The highest BCUT2D eigenvalue weighted by atomic mass is 16.6. The molecule has 0 amide bonds. The standard InChI is InChI=1S/C11H14O5/c1-14-10(12)7-16-9-5-3-4-8(6-9)11(13)15-2/h3-5,9H,6-7H2,1-2H3. The summed E-state index contributed by atoms with van der Waals surface area (Å²) in [5, 5.41) is 0. The number of carbonyl (C=O) groups excluding carboxylic acids is 2. The van der Waals surface area contributed by atoms with Crippen LogP contribution in [0.1, 0.15) is 6.42 Å². The van der Waals surface area contributed by atoms with Crippen molar-refractivity contribution in [1.82, 2.24) is 0 Å². The molecule has 1 aliphatic rings. The van der Waals surface area contributed by atoms with Crippen molar-refractivity contribution in [2.24, 2.45) is 0 Å². The van der Waals surface area contributed by atoms with Crippen molar-refractivity contribution in [2.75, 3.05) is 20.8 Å². The smallest absolute Gasteiger partial charge is 0.333 e. The molecule has 5 heteroatoms. The number of methoxy groups -OCH3 is 2. The zero-order chi connectivity index (χ0) is 12.0. The van der Waals surface area contributed by atoms with Crippen LogP contribution in [0.4, 0.5) is 0 Å². The van der Waals surface area contributed by atoms with Gasteiger partial charge in [0.05, 0.1) is 20.3 Å². The summed E-state index contributed by atoms with van der Waals surface area (Å²) in [7, 11) is 2.62. The van der Waals surface area contributed by atoms with Gasteiger partial charge in [0.25, 0.3) is 0 Å². The molecule has 1 unspecified atom stereocenters. The van der Waals surface area contributed by atoms with E-state index in [1.54, 1.807) is 18.2 Å². The number of ether oxygens (including phenoxy) is 3. The van der Waals surface area contributed by atoms with E-state index in [2.05, 4.69) is 9.47 Å². The van der Waals surface area contributed by atoms with Gasteiger partial charge in [-0.15, -0.1) is 0 Å². The fourth-order valence-corrected chi connectivity index (χ4v) is 1.28. The van der Waals surface area contributed by atoms with Crippen molar-refractivity contribution in [3.63, 3.8) is 0 Å². The first kappa shape index (κ1) is 12.4. The molecule has 1 aliphatic carbocycles. The highest BCUT2D eigenvalue weighted by molar-refractivity contribution is 5.89. The van der Waals surface area contributed by atoms with Crippen LogP contribution in [-0.4, -0.2) is 38.9 Å². The Hall–Kier alpha value is -1.62. The van der Waals surface area contributed by atoms with Gasteiger partial charge in [-0.25, -0.2) is 9.59 Å². The van der Waals surface area contributed by atoms with Crippen LogP contribution in [0, 0.1) is 0 Å². The number of carbonyl (C=O) groups is 2. The van der Waals surface area contributed by atoms with Crippen LogP contribution in [-0.2, 0) is 23.8 Å². The molecule has 5 nitrogen and oxygen atoms in total. The van der Waals surface area contributed by atoms with Crippen molar-refractivity contribution < 1.29 is 23.8 Å². The largest absolute Gasteiger partial charge is 0.467 e. The fraction of sp³-hybridized carbons (Fsp3) is 0.455. The molecule has 1 atom stereocenters. The van der Waals surface area contributed by atoms with Crippen molar-refractivity contribution in [3.8, 4) is 0 Å². The van der Waals surface area contributed by atoms with Crippen LogP contribution in [0.3, 0.4) is 0 Å². The van der Waals surface area contributed by atoms with Gasteiger partial charge in [-0.1, -0.05) is 18.2 Å². The third-order valence-corrected chi connectivity index (χ3v) is 2.13. The second kappa shape index (κ2) is 6.07. The van der Waals surface area contributed by atoms with Gasteiger partial charge in [-0.3, -0.25) is 0 Å². The summed E-state index contributed by atoms with van der Waals surface area (Å²) in [5.41, 5.74) is 0.528. The van der Waals surface area contributed by atoms with E-state index in [-0.39, 0.29) is 18.7 Å². The molecule has 0 aromatic carbocycles.